The number of hydrogen-bond acceptors (Lipinski definition) is 3. The van der Waals surface area contributed by atoms with E-state index in [0.29, 0.717) is 6.61 Å². The van der Waals surface area contributed by atoms with Crippen molar-refractivity contribution in [2.45, 2.75) is 44.6 Å². The van der Waals surface area contributed by atoms with Gasteiger partial charge in [-0.1, -0.05) is 44.2 Å². The lowest BCUT2D eigenvalue weighted by atomic mass is 10.1. The van der Waals surface area contributed by atoms with Gasteiger partial charge in [0.15, 0.2) is 0 Å². The van der Waals surface area contributed by atoms with Gasteiger partial charge in [-0.15, -0.1) is 33.2 Å². The van der Waals surface area contributed by atoms with Gasteiger partial charge >= 0.3 is 12.0 Å². The Hall–Kier alpha value is -0.683. The van der Waals surface area contributed by atoms with E-state index in [9.17, 15) is 4.79 Å². The Morgan fingerprint density at radius 3 is 2.44 bits per heavy atom. The average Bonchev–Trinajstić information content (AvgIpc) is 2.57. The van der Waals surface area contributed by atoms with Gasteiger partial charge in [-0.25, -0.2) is 4.79 Å². The Bertz CT molecular complexity index is 545. The molecule has 0 spiro atoms. The minimum Gasteiger partial charge on any atom is -0.497 e. The summed E-state index contributed by atoms with van der Waals surface area (Å²) in [7, 11) is 1.61. The lowest BCUT2D eigenvalue weighted by Crippen LogP contribution is -2.07. The number of hydrogen-bond donors (Lipinski definition) is 0. The van der Waals surface area contributed by atoms with Crippen LogP contribution < -0.4 is 4.74 Å². The van der Waals surface area contributed by atoms with Crippen LogP contribution in [-0.4, -0.2) is 25.7 Å². The highest BCUT2D eigenvalue weighted by Crippen LogP contribution is 2.27. The Kier molecular flexibility index (Phi) is 11.3. The fraction of sp³-hybridized carbons (Fsp3) is 0.500. The number of rotatable bonds is 12. The summed E-state index contributed by atoms with van der Waals surface area (Å²) < 4.78 is 10.3. The van der Waals surface area contributed by atoms with Crippen LogP contribution in [0.15, 0.2) is 30.3 Å². The maximum Gasteiger partial charge on any atom is 0.341 e. The van der Waals surface area contributed by atoms with Crippen molar-refractivity contribution in [2.24, 2.45) is 0 Å². The molecule has 140 valence electrons. The Morgan fingerprint density at radius 2 is 1.76 bits per heavy atom. The number of carbonyl (C=O) groups excluding carboxylic acids is 1. The molecule has 0 fully saturated rings. The number of ether oxygens (including phenoxy) is 2. The van der Waals surface area contributed by atoms with Crippen LogP contribution in [0.3, 0.4) is 0 Å². The zero-order chi connectivity index (χ0) is 18.5. The van der Waals surface area contributed by atoms with Crippen LogP contribution in [0.25, 0.3) is 6.08 Å². The third-order valence-electron chi connectivity index (χ3n) is 3.60. The van der Waals surface area contributed by atoms with Crippen molar-refractivity contribution in [1.29, 1.82) is 0 Å². The minimum atomic E-state index is -2.44. The molecule has 0 saturated heterocycles. The standard InChI is InChI=1S/C18H25Cl3O3Si/c1-23-17-10-8-9-16(15-17)11-12-18(22)24-13-6-4-2-3-5-7-14-25(19,20)21/h8-12,15H,2-7,13-14H2,1H3/b12-11+. The highest BCUT2D eigenvalue weighted by atomic mass is 35.8. The Morgan fingerprint density at radius 1 is 1.08 bits per heavy atom. The summed E-state index contributed by atoms with van der Waals surface area (Å²) in [5.74, 6) is 0.433. The van der Waals surface area contributed by atoms with Crippen LogP contribution in [0, 0.1) is 0 Å². The zero-order valence-corrected chi connectivity index (χ0v) is 17.7. The van der Waals surface area contributed by atoms with Crippen molar-refractivity contribution >= 4 is 51.3 Å². The van der Waals surface area contributed by atoms with Crippen LogP contribution in [0.1, 0.15) is 44.1 Å². The highest BCUT2D eigenvalue weighted by molar-refractivity contribution is 7.64. The molecule has 25 heavy (non-hydrogen) atoms. The number of methoxy groups -OCH3 is 1. The molecule has 0 radical (unpaired) electrons. The van der Waals surface area contributed by atoms with Crippen molar-refractivity contribution < 1.29 is 14.3 Å². The summed E-state index contributed by atoms with van der Waals surface area (Å²) in [5, 5.41) is 0. The monoisotopic (exact) mass is 422 g/mol. The lowest BCUT2D eigenvalue weighted by molar-refractivity contribution is -0.137. The third-order valence-corrected chi connectivity index (χ3v) is 6.23. The molecule has 0 aliphatic heterocycles. The molecule has 1 aromatic carbocycles. The summed E-state index contributed by atoms with van der Waals surface area (Å²) in [6, 6.07) is 5.77. The number of halogens is 3. The predicted octanol–water partition coefficient (Wildman–Crippen LogP) is 6.25. The molecule has 1 aromatic rings. The molecule has 0 aliphatic carbocycles. The fourth-order valence-electron chi connectivity index (χ4n) is 2.26. The molecule has 0 N–H and O–H groups in total. The van der Waals surface area contributed by atoms with Gasteiger partial charge in [0.05, 0.1) is 13.7 Å². The SMILES string of the molecule is COc1cccc(/C=C/C(=O)OCCCCCCCC[Si](Cl)(Cl)Cl)c1. The van der Waals surface area contributed by atoms with Gasteiger partial charge in [-0.2, -0.15) is 0 Å². The minimum absolute atomic E-state index is 0.324. The van der Waals surface area contributed by atoms with E-state index in [1.165, 1.54) is 6.08 Å². The van der Waals surface area contributed by atoms with Crippen molar-refractivity contribution in [3.63, 3.8) is 0 Å². The van der Waals surface area contributed by atoms with Crippen molar-refractivity contribution in [2.75, 3.05) is 13.7 Å². The van der Waals surface area contributed by atoms with E-state index in [1.54, 1.807) is 13.2 Å². The number of unbranched alkanes of at least 4 members (excludes halogenated alkanes) is 5. The summed E-state index contributed by atoms with van der Waals surface area (Å²) in [5.41, 5.74) is 0.897. The second-order valence-electron chi connectivity index (χ2n) is 5.76. The second-order valence-corrected chi connectivity index (χ2v) is 15.0. The Balaban J connectivity index is 2.06. The van der Waals surface area contributed by atoms with E-state index in [-0.39, 0.29) is 5.97 Å². The molecule has 1 rings (SSSR count). The van der Waals surface area contributed by atoms with E-state index in [2.05, 4.69) is 0 Å². The van der Waals surface area contributed by atoms with Gasteiger partial charge in [0.2, 0.25) is 0 Å². The molecule has 0 heterocycles. The topological polar surface area (TPSA) is 35.5 Å². The smallest absolute Gasteiger partial charge is 0.341 e. The molecule has 3 nitrogen and oxygen atoms in total. The number of esters is 1. The van der Waals surface area contributed by atoms with Gasteiger partial charge in [0.25, 0.3) is 0 Å². The maximum atomic E-state index is 11.7. The van der Waals surface area contributed by atoms with Crippen LogP contribution in [0.5, 0.6) is 5.75 Å². The normalized spacial score (nSPS) is 11.7. The van der Waals surface area contributed by atoms with Crippen LogP contribution in [0.4, 0.5) is 0 Å². The summed E-state index contributed by atoms with van der Waals surface area (Å²) in [6.07, 6.45) is 9.37. The maximum absolute atomic E-state index is 11.7. The van der Waals surface area contributed by atoms with Gasteiger partial charge in [0.1, 0.15) is 5.75 Å². The predicted molar refractivity (Wildman–Crippen MR) is 109 cm³/mol. The van der Waals surface area contributed by atoms with Gasteiger partial charge in [-0.05, 0) is 36.2 Å². The Labute approximate surface area is 165 Å². The molecule has 0 atom stereocenters. The molecule has 7 heteroatoms. The van der Waals surface area contributed by atoms with E-state index >= 15 is 0 Å². The molecular formula is C18H25Cl3O3Si. The van der Waals surface area contributed by atoms with Crippen LogP contribution in [0.2, 0.25) is 6.04 Å². The van der Waals surface area contributed by atoms with E-state index < -0.39 is 6.00 Å². The number of benzene rings is 1. The molecule has 0 bridgehead atoms. The number of carbonyl (C=O) groups is 1. The molecule has 0 aliphatic rings. The first kappa shape index (κ1) is 22.4. The molecule has 0 unspecified atom stereocenters. The summed E-state index contributed by atoms with van der Waals surface area (Å²) in [4.78, 5) is 11.7. The molecule has 0 aromatic heterocycles. The first-order valence-corrected chi connectivity index (χ1v) is 13.7. The van der Waals surface area contributed by atoms with Gasteiger partial charge in [-0.3, -0.25) is 0 Å². The molecular weight excluding hydrogens is 399 g/mol. The largest absolute Gasteiger partial charge is 0.497 e. The lowest BCUT2D eigenvalue weighted by Gasteiger charge is -2.07. The summed E-state index contributed by atoms with van der Waals surface area (Å²) in [6.45, 7) is 0.447. The second kappa shape index (κ2) is 12.6. The molecule has 0 saturated carbocycles. The first-order valence-electron chi connectivity index (χ1n) is 8.46. The van der Waals surface area contributed by atoms with Crippen molar-refractivity contribution in [3.8, 4) is 5.75 Å². The summed E-state index contributed by atoms with van der Waals surface area (Å²) >= 11 is 17.5. The van der Waals surface area contributed by atoms with Crippen molar-refractivity contribution in [3.05, 3.63) is 35.9 Å². The first-order chi connectivity index (χ1) is 11.9. The van der Waals surface area contributed by atoms with Gasteiger partial charge in [0, 0.05) is 6.08 Å². The fourth-order valence-corrected chi connectivity index (χ4v) is 4.12. The van der Waals surface area contributed by atoms with Gasteiger partial charge < -0.3 is 9.47 Å². The average molecular weight is 424 g/mol. The van der Waals surface area contributed by atoms with Crippen LogP contribution >= 0.6 is 33.2 Å². The quantitative estimate of drug-likeness (QED) is 0.131. The third kappa shape index (κ3) is 12.3. The van der Waals surface area contributed by atoms with E-state index in [1.807, 2.05) is 24.3 Å². The highest BCUT2D eigenvalue weighted by Gasteiger charge is 2.23. The van der Waals surface area contributed by atoms with Crippen molar-refractivity contribution in [1.82, 2.24) is 0 Å². The van der Waals surface area contributed by atoms with E-state index in [4.69, 9.17) is 42.7 Å². The zero-order valence-electron chi connectivity index (χ0n) is 14.5. The van der Waals surface area contributed by atoms with E-state index in [0.717, 1.165) is 55.9 Å². The van der Waals surface area contributed by atoms with Crippen LogP contribution in [-0.2, 0) is 9.53 Å². The molecule has 0 amide bonds.